The fourth-order valence-electron chi connectivity index (χ4n) is 6.17. The van der Waals surface area contributed by atoms with Crippen LogP contribution in [0.4, 0.5) is 0 Å². The third-order valence-corrected chi connectivity index (χ3v) is 8.43. The molecule has 31 heavy (non-hydrogen) atoms. The predicted octanol–water partition coefficient (Wildman–Crippen LogP) is 5.87. The molecular formula is C28H44O3. The van der Waals surface area contributed by atoms with Crippen LogP contribution < -0.4 is 0 Å². The molecule has 0 radical (unpaired) electrons. The Hall–Kier alpha value is -1.16. The summed E-state index contributed by atoms with van der Waals surface area (Å²) >= 11 is 0. The Balaban J connectivity index is 1.81. The van der Waals surface area contributed by atoms with Crippen LogP contribution in [-0.4, -0.2) is 32.6 Å². The standard InChI is InChI=1S/C28H44O3/c1-19-9-12-23(29)18-22(19)11-10-21-8-7-16-27(5)24(13-14-25(21)27)20(2)15-17-28(6,31)26(3,4)30/h10-11,15,17,20,23-25,29-31H,1,7-9,12-14,16,18H2,2-6H3/b17-15+,21-10+,22-11-/i6D3. The first-order valence-corrected chi connectivity index (χ1v) is 12.0. The highest BCUT2D eigenvalue weighted by Gasteiger charge is 2.50. The van der Waals surface area contributed by atoms with Crippen molar-refractivity contribution in [1.29, 1.82) is 0 Å². The minimum atomic E-state index is -2.73. The van der Waals surface area contributed by atoms with E-state index in [0.29, 0.717) is 18.3 Å². The van der Waals surface area contributed by atoms with Crippen LogP contribution in [0.2, 0.25) is 0 Å². The summed E-state index contributed by atoms with van der Waals surface area (Å²) in [6, 6.07) is 0. The van der Waals surface area contributed by atoms with E-state index in [-0.39, 0.29) is 17.4 Å². The zero-order valence-corrected chi connectivity index (χ0v) is 19.8. The maximum absolute atomic E-state index is 10.9. The molecule has 3 fully saturated rings. The molecule has 0 aromatic rings. The molecule has 3 nitrogen and oxygen atoms in total. The molecule has 0 spiro atoms. The zero-order valence-electron chi connectivity index (χ0n) is 22.8. The van der Waals surface area contributed by atoms with Crippen molar-refractivity contribution in [3.8, 4) is 0 Å². The monoisotopic (exact) mass is 431 g/mol. The van der Waals surface area contributed by atoms with Crippen molar-refractivity contribution in [1.82, 2.24) is 0 Å². The van der Waals surface area contributed by atoms with Crippen molar-refractivity contribution in [2.75, 3.05) is 0 Å². The first-order valence-electron chi connectivity index (χ1n) is 13.5. The van der Waals surface area contributed by atoms with Gasteiger partial charge in [0, 0.05) is 4.11 Å². The fourth-order valence-corrected chi connectivity index (χ4v) is 6.17. The molecule has 3 heteroatoms. The van der Waals surface area contributed by atoms with Gasteiger partial charge in [0.1, 0.15) is 5.60 Å². The van der Waals surface area contributed by atoms with E-state index in [4.69, 9.17) is 4.11 Å². The van der Waals surface area contributed by atoms with Crippen molar-refractivity contribution in [2.45, 2.75) is 103 Å². The summed E-state index contributed by atoms with van der Waals surface area (Å²) in [5.74, 6) is 0.938. The summed E-state index contributed by atoms with van der Waals surface area (Å²) < 4.78 is 23.4. The molecule has 0 aliphatic heterocycles. The molecule has 3 aliphatic rings. The Kier molecular flexibility index (Phi) is 5.94. The van der Waals surface area contributed by atoms with Crippen LogP contribution in [-0.2, 0) is 0 Å². The average molecular weight is 432 g/mol. The van der Waals surface area contributed by atoms with Crippen molar-refractivity contribution >= 4 is 0 Å². The van der Waals surface area contributed by atoms with Crippen molar-refractivity contribution in [3.63, 3.8) is 0 Å². The maximum atomic E-state index is 10.9. The van der Waals surface area contributed by atoms with Gasteiger partial charge < -0.3 is 15.3 Å². The molecule has 6 unspecified atom stereocenters. The Morgan fingerprint density at radius 2 is 1.94 bits per heavy atom. The lowest BCUT2D eigenvalue weighted by Gasteiger charge is -2.44. The van der Waals surface area contributed by atoms with E-state index < -0.39 is 18.1 Å². The van der Waals surface area contributed by atoms with Gasteiger partial charge in [0.2, 0.25) is 0 Å². The van der Waals surface area contributed by atoms with Gasteiger partial charge in [-0.3, -0.25) is 0 Å². The fraction of sp³-hybridized carbons (Fsp3) is 0.714. The highest BCUT2D eigenvalue weighted by molar-refractivity contribution is 5.36. The second-order valence-corrected chi connectivity index (χ2v) is 11.1. The average Bonchev–Trinajstić information content (AvgIpc) is 3.08. The molecule has 3 aliphatic carbocycles. The number of hydrogen-bond acceptors (Lipinski definition) is 3. The van der Waals surface area contributed by atoms with E-state index >= 15 is 0 Å². The molecular weight excluding hydrogens is 384 g/mol. The lowest BCUT2D eigenvalue weighted by Crippen LogP contribution is -2.46. The summed E-state index contributed by atoms with van der Waals surface area (Å²) in [4.78, 5) is 0. The summed E-state index contributed by atoms with van der Waals surface area (Å²) in [7, 11) is 0. The normalized spacial score (nSPS) is 39.8. The molecule has 0 aromatic heterocycles. The zero-order chi connectivity index (χ0) is 25.5. The van der Waals surface area contributed by atoms with Crippen LogP contribution in [0, 0.1) is 23.2 Å². The third-order valence-electron chi connectivity index (χ3n) is 8.43. The first-order chi connectivity index (χ1) is 15.6. The maximum Gasteiger partial charge on any atom is 0.108 e. The molecule has 0 saturated heterocycles. The van der Waals surface area contributed by atoms with Crippen LogP contribution in [0.5, 0.6) is 0 Å². The minimum absolute atomic E-state index is 0.0807. The SMILES string of the molecule is [2H]C([2H])([2H])C(O)(/C=C/C(C)C1CCC2/C(=C/C=C3/CC(O)CCC3=C)CCCC21C)C(C)(C)O. The minimum Gasteiger partial charge on any atom is -0.393 e. The molecule has 6 atom stereocenters. The van der Waals surface area contributed by atoms with Crippen LogP contribution in [0.15, 0.2) is 47.6 Å². The van der Waals surface area contributed by atoms with Crippen LogP contribution in [0.1, 0.15) is 90.0 Å². The van der Waals surface area contributed by atoms with Gasteiger partial charge in [-0.25, -0.2) is 0 Å². The van der Waals surface area contributed by atoms with Gasteiger partial charge in [-0.15, -0.1) is 0 Å². The van der Waals surface area contributed by atoms with Crippen LogP contribution in [0.25, 0.3) is 0 Å². The van der Waals surface area contributed by atoms with Crippen molar-refractivity contribution in [3.05, 3.63) is 47.6 Å². The van der Waals surface area contributed by atoms with Gasteiger partial charge in [0.25, 0.3) is 0 Å². The third kappa shape index (κ3) is 5.10. The summed E-state index contributed by atoms with van der Waals surface area (Å²) in [5.41, 5.74) is -0.200. The predicted molar refractivity (Wildman–Crippen MR) is 129 cm³/mol. The lowest BCUT2D eigenvalue weighted by atomic mass is 9.61. The Labute approximate surface area is 193 Å². The summed E-state index contributed by atoms with van der Waals surface area (Å²) in [6.45, 7) is 8.62. The Morgan fingerprint density at radius 1 is 1.19 bits per heavy atom. The molecule has 3 saturated carbocycles. The number of rotatable bonds is 5. The van der Waals surface area contributed by atoms with Crippen molar-refractivity contribution in [2.24, 2.45) is 23.2 Å². The molecule has 3 N–H and O–H groups in total. The number of aliphatic hydroxyl groups excluding tert-OH is 1. The van der Waals surface area contributed by atoms with Gasteiger partial charge >= 0.3 is 0 Å². The molecule has 0 aromatic carbocycles. The number of aliphatic hydroxyl groups is 3. The second kappa shape index (κ2) is 9.00. The van der Waals surface area contributed by atoms with Gasteiger partial charge in [0.05, 0.1) is 11.7 Å². The van der Waals surface area contributed by atoms with E-state index in [1.807, 2.05) is 6.08 Å². The van der Waals surface area contributed by atoms with Gasteiger partial charge in [-0.05, 0) is 101 Å². The van der Waals surface area contributed by atoms with E-state index in [2.05, 4.69) is 32.6 Å². The molecule has 0 heterocycles. The largest absolute Gasteiger partial charge is 0.393 e. The molecule has 3 rings (SSSR count). The summed E-state index contributed by atoms with van der Waals surface area (Å²) in [5, 5.41) is 31.4. The highest BCUT2D eigenvalue weighted by atomic mass is 16.3. The number of allylic oxidation sites excluding steroid dienone is 5. The van der Waals surface area contributed by atoms with Gasteiger partial charge in [-0.1, -0.05) is 55.9 Å². The molecule has 174 valence electrons. The quantitative estimate of drug-likeness (QED) is 0.477. The summed E-state index contributed by atoms with van der Waals surface area (Å²) in [6.07, 6.45) is 15.2. The molecule has 0 amide bonds. The van der Waals surface area contributed by atoms with Crippen LogP contribution in [0.3, 0.4) is 0 Å². The number of hydrogen-bond donors (Lipinski definition) is 3. The van der Waals surface area contributed by atoms with E-state index in [0.717, 1.165) is 50.5 Å². The van der Waals surface area contributed by atoms with E-state index in [1.54, 1.807) is 0 Å². The van der Waals surface area contributed by atoms with Gasteiger partial charge in [0.15, 0.2) is 0 Å². The smallest absolute Gasteiger partial charge is 0.108 e. The van der Waals surface area contributed by atoms with Crippen LogP contribution >= 0.6 is 0 Å². The van der Waals surface area contributed by atoms with Crippen molar-refractivity contribution < 1.29 is 19.4 Å². The molecule has 0 bridgehead atoms. The van der Waals surface area contributed by atoms with E-state index in [1.165, 1.54) is 31.1 Å². The topological polar surface area (TPSA) is 60.7 Å². The highest BCUT2D eigenvalue weighted by Crippen LogP contribution is 2.59. The van der Waals surface area contributed by atoms with E-state index in [9.17, 15) is 15.3 Å². The first kappa shape index (κ1) is 20.4. The Bertz CT molecular complexity index is 847. The lowest BCUT2D eigenvalue weighted by molar-refractivity contribution is -0.0886. The second-order valence-electron chi connectivity index (χ2n) is 11.1. The number of fused-ring (bicyclic) bond motifs is 1. The van der Waals surface area contributed by atoms with Gasteiger partial charge in [-0.2, -0.15) is 0 Å². The Morgan fingerprint density at radius 3 is 2.61 bits per heavy atom.